The molecule has 0 aromatic heterocycles. The van der Waals surface area contributed by atoms with E-state index in [0.29, 0.717) is 30.7 Å². The van der Waals surface area contributed by atoms with Crippen molar-refractivity contribution >= 4 is 18.3 Å². The number of ether oxygens (including phenoxy) is 3. The number of piperidine rings is 1. The highest BCUT2D eigenvalue weighted by atomic mass is 35.5. The van der Waals surface area contributed by atoms with E-state index in [1.807, 2.05) is 43.3 Å². The number of halogens is 1. The molecule has 1 aliphatic carbocycles. The maximum atomic E-state index is 13.5. The second-order valence-electron chi connectivity index (χ2n) is 10.9. The molecule has 38 heavy (non-hydrogen) atoms. The lowest BCUT2D eigenvalue weighted by atomic mass is 9.89. The molecule has 2 fully saturated rings. The van der Waals surface area contributed by atoms with Crippen LogP contribution >= 0.6 is 12.4 Å². The van der Waals surface area contributed by atoms with Crippen molar-refractivity contribution in [2.45, 2.75) is 76.9 Å². The molecule has 0 N–H and O–H groups in total. The summed E-state index contributed by atoms with van der Waals surface area (Å²) in [6.07, 6.45) is 7.59. The number of hydrogen-bond donors (Lipinski definition) is 0. The van der Waals surface area contributed by atoms with E-state index >= 15 is 0 Å². The molecule has 0 saturated carbocycles. The highest BCUT2D eigenvalue weighted by Crippen LogP contribution is 2.42. The number of methoxy groups -OCH3 is 2. The Balaban J connectivity index is 0.00000336. The number of fused-ring (bicyclic) bond motifs is 3. The Bertz CT molecular complexity index is 1060. The van der Waals surface area contributed by atoms with Gasteiger partial charge in [-0.05, 0) is 94.7 Å². The molecule has 2 aromatic rings. The number of carbonyl (C=O) groups is 1. The first-order chi connectivity index (χ1) is 18.1. The van der Waals surface area contributed by atoms with E-state index in [-0.39, 0.29) is 18.3 Å². The standard InChI is InChI=1S/C31H42N2O4.ClH/c1-5-14-32(25-18-27-28(19-25)30(36-4)13-12-29(27)35-3)20-21-15-23-10-11-24(16-21)33(23)31(34)22-8-7-9-26(17-22)37-6-2;/h7-9,12-13,17,21,23-25H,5-6,10-11,14-16,18-20H2,1-4H3;1H/t21?,23-,24+;. The maximum Gasteiger partial charge on any atom is 0.254 e. The minimum atomic E-state index is 0. The van der Waals surface area contributed by atoms with Crippen LogP contribution in [0.1, 0.15) is 67.4 Å². The molecule has 2 heterocycles. The molecule has 7 heteroatoms. The Morgan fingerprint density at radius 3 is 2.16 bits per heavy atom. The zero-order valence-electron chi connectivity index (χ0n) is 23.3. The largest absolute Gasteiger partial charge is 0.496 e. The molecule has 208 valence electrons. The summed E-state index contributed by atoms with van der Waals surface area (Å²) in [4.78, 5) is 18.5. The molecule has 5 rings (SSSR count). The van der Waals surface area contributed by atoms with Crippen molar-refractivity contribution in [3.05, 3.63) is 53.1 Å². The molecule has 0 spiro atoms. The Kier molecular flexibility index (Phi) is 9.48. The smallest absolute Gasteiger partial charge is 0.254 e. The van der Waals surface area contributed by atoms with Gasteiger partial charge in [0.1, 0.15) is 17.2 Å². The van der Waals surface area contributed by atoms with Gasteiger partial charge in [-0.25, -0.2) is 0 Å². The minimum absolute atomic E-state index is 0. The lowest BCUT2D eigenvalue weighted by Crippen LogP contribution is -2.49. The lowest BCUT2D eigenvalue weighted by molar-refractivity contribution is 0.0455. The predicted molar refractivity (Wildman–Crippen MR) is 153 cm³/mol. The van der Waals surface area contributed by atoms with Gasteiger partial charge in [0.05, 0.1) is 20.8 Å². The Morgan fingerprint density at radius 1 is 0.974 bits per heavy atom. The fourth-order valence-corrected chi connectivity index (χ4v) is 7.13. The van der Waals surface area contributed by atoms with Crippen LogP contribution in [-0.4, -0.2) is 67.7 Å². The Morgan fingerprint density at radius 2 is 1.61 bits per heavy atom. The van der Waals surface area contributed by atoms with Crippen molar-refractivity contribution < 1.29 is 19.0 Å². The molecular formula is C31H43ClN2O4. The summed E-state index contributed by atoms with van der Waals surface area (Å²) in [6, 6.07) is 12.9. The molecule has 2 aromatic carbocycles. The highest BCUT2D eigenvalue weighted by molar-refractivity contribution is 5.95. The van der Waals surface area contributed by atoms with Crippen LogP contribution in [0.4, 0.5) is 0 Å². The quantitative estimate of drug-likeness (QED) is 0.380. The van der Waals surface area contributed by atoms with Crippen LogP contribution in [0.5, 0.6) is 17.2 Å². The summed E-state index contributed by atoms with van der Waals surface area (Å²) in [7, 11) is 3.52. The first-order valence-electron chi connectivity index (χ1n) is 14.1. The summed E-state index contributed by atoms with van der Waals surface area (Å²) in [5.41, 5.74) is 3.37. The topological polar surface area (TPSA) is 51.2 Å². The number of benzene rings is 2. The number of nitrogens with zero attached hydrogens (tertiary/aromatic N) is 2. The van der Waals surface area contributed by atoms with Crippen molar-refractivity contribution in [2.75, 3.05) is 33.9 Å². The summed E-state index contributed by atoms with van der Waals surface area (Å²) in [6.45, 7) is 7.05. The first kappa shape index (κ1) is 28.6. The SMILES string of the molecule is CCCN(CC1C[C@H]2CC[C@@H](C1)N2C(=O)c1cccc(OCC)c1)C1Cc2c(OC)ccc(OC)c2C1.Cl. The normalized spacial score (nSPS) is 22.2. The van der Waals surface area contributed by atoms with Crippen molar-refractivity contribution in [3.63, 3.8) is 0 Å². The molecule has 3 aliphatic rings. The van der Waals surface area contributed by atoms with Gasteiger partial charge in [-0.1, -0.05) is 13.0 Å². The molecule has 2 bridgehead atoms. The van der Waals surface area contributed by atoms with Crippen LogP contribution in [0.3, 0.4) is 0 Å². The third-order valence-corrected chi connectivity index (χ3v) is 8.64. The summed E-state index contributed by atoms with van der Waals surface area (Å²) in [5, 5.41) is 0. The first-order valence-corrected chi connectivity index (χ1v) is 14.1. The fourth-order valence-electron chi connectivity index (χ4n) is 7.13. The molecule has 6 nitrogen and oxygen atoms in total. The Hall–Kier alpha value is -2.44. The van der Waals surface area contributed by atoms with Crippen molar-refractivity contribution in [2.24, 2.45) is 5.92 Å². The molecule has 3 atom stereocenters. The van der Waals surface area contributed by atoms with E-state index in [0.717, 1.165) is 80.8 Å². The molecule has 0 radical (unpaired) electrons. The molecular weight excluding hydrogens is 500 g/mol. The highest BCUT2D eigenvalue weighted by Gasteiger charge is 2.44. The Labute approximate surface area is 234 Å². The van der Waals surface area contributed by atoms with Gasteiger partial charge < -0.3 is 19.1 Å². The lowest BCUT2D eigenvalue weighted by Gasteiger charge is -2.41. The van der Waals surface area contributed by atoms with Crippen LogP contribution in [0, 0.1) is 5.92 Å². The van der Waals surface area contributed by atoms with Crippen molar-refractivity contribution in [1.82, 2.24) is 9.80 Å². The second kappa shape index (κ2) is 12.6. The van der Waals surface area contributed by atoms with Gasteiger partial charge in [0.25, 0.3) is 5.91 Å². The number of amides is 1. The fraction of sp³-hybridized carbons (Fsp3) is 0.581. The van der Waals surface area contributed by atoms with Crippen LogP contribution in [-0.2, 0) is 12.8 Å². The van der Waals surface area contributed by atoms with Gasteiger partial charge >= 0.3 is 0 Å². The number of carbonyl (C=O) groups excluding carboxylic acids is 1. The van der Waals surface area contributed by atoms with E-state index < -0.39 is 0 Å². The summed E-state index contributed by atoms with van der Waals surface area (Å²) >= 11 is 0. The van der Waals surface area contributed by atoms with Gasteiger partial charge in [0.2, 0.25) is 0 Å². The average Bonchev–Trinajstić information content (AvgIpc) is 3.47. The molecule has 1 amide bonds. The van der Waals surface area contributed by atoms with Gasteiger partial charge in [0, 0.05) is 41.4 Å². The third-order valence-electron chi connectivity index (χ3n) is 8.64. The van der Waals surface area contributed by atoms with Crippen molar-refractivity contribution in [1.29, 1.82) is 0 Å². The predicted octanol–water partition coefficient (Wildman–Crippen LogP) is 5.79. The van der Waals surface area contributed by atoms with Crippen LogP contribution in [0.2, 0.25) is 0 Å². The monoisotopic (exact) mass is 542 g/mol. The summed E-state index contributed by atoms with van der Waals surface area (Å²) in [5.74, 6) is 3.52. The molecule has 1 unspecified atom stereocenters. The average molecular weight is 543 g/mol. The second-order valence-corrected chi connectivity index (χ2v) is 10.9. The van der Waals surface area contributed by atoms with Gasteiger partial charge in [0.15, 0.2) is 0 Å². The number of rotatable bonds is 10. The van der Waals surface area contributed by atoms with E-state index in [2.05, 4.69) is 16.7 Å². The van der Waals surface area contributed by atoms with Gasteiger partial charge in [-0.2, -0.15) is 0 Å². The maximum absolute atomic E-state index is 13.5. The van der Waals surface area contributed by atoms with Gasteiger partial charge in [-0.15, -0.1) is 12.4 Å². The zero-order valence-corrected chi connectivity index (χ0v) is 24.1. The van der Waals surface area contributed by atoms with Gasteiger partial charge in [-0.3, -0.25) is 9.69 Å². The van der Waals surface area contributed by atoms with Crippen molar-refractivity contribution in [3.8, 4) is 17.2 Å². The molecule has 2 aliphatic heterocycles. The minimum Gasteiger partial charge on any atom is -0.496 e. The zero-order chi connectivity index (χ0) is 25.9. The third kappa shape index (κ3) is 5.62. The summed E-state index contributed by atoms with van der Waals surface area (Å²) < 4.78 is 17.1. The number of hydrogen-bond acceptors (Lipinski definition) is 5. The van der Waals surface area contributed by atoms with Crippen LogP contribution in [0.25, 0.3) is 0 Å². The van der Waals surface area contributed by atoms with E-state index in [1.54, 1.807) is 14.2 Å². The van der Waals surface area contributed by atoms with Crippen LogP contribution in [0.15, 0.2) is 36.4 Å². The van der Waals surface area contributed by atoms with Crippen LogP contribution < -0.4 is 14.2 Å². The van der Waals surface area contributed by atoms with E-state index in [1.165, 1.54) is 11.1 Å². The van der Waals surface area contributed by atoms with E-state index in [4.69, 9.17) is 14.2 Å². The van der Waals surface area contributed by atoms with E-state index in [9.17, 15) is 4.79 Å². The molecule has 2 saturated heterocycles.